The minimum absolute atomic E-state index is 0.218. The Hall–Kier alpha value is -1.10. The molecular formula is C14H16O4. The van der Waals surface area contributed by atoms with E-state index in [1.165, 1.54) is 0 Å². The summed E-state index contributed by atoms with van der Waals surface area (Å²) in [6, 6.07) is 7.84. The lowest BCUT2D eigenvalue weighted by Crippen LogP contribution is -2.36. The molecule has 1 aromatic carbocycles. The van der Waals surface area contributed by atoms with Gasteiger partial charge in [0.05, 0.1) is 25.9 Å². The molecule has 4 heteroatoms. The normalized spacial score (nSPS) is 41.1. The van der Waals surface area contributed by atoms with Crippen molar-refractivity contribution >= 4 is 0 Å². The van der Waals surface area contributed by atoms with Crippen LogP contribution in [0.25, 0.3) is 0 Å². The van der Waals surface area contributed by atoms with E-state index in [-0.39, 0.29) is 12.4 Å². The topological polar surface area (TPSA) is 40.2 Å². The predicted octanol–water partition coefficient (Wildman–Crippen LogP) is 1.90. The van der Waals surface area contributed by atoms with Gasteiger partial charge >= 0.3 is 0 Å². The Morgan fingerprint density at radius 1 is 1.11 bits per heavy atom. The summed E-state index contributed by atoms with van der Waals surface area (Å²) in [6.45, 7) is 0.776. The van der Waals surface area contributed by atoms with E-state index in [9.17, 15) is 0 Å². The van der Waals surface area contributed by atoms with Crippen molar-refractivity contribution in [3.05, 3.63) is 29.8 Å². The third-order valence-corrected chi connectivity index (χ3v) is 4.08. The van der Waals surface area contributed by atoms with Crippen LogP contribution in [0.1, 0.15) is 18.3 Å². The van der Waals surface area contributed by atoms with Gasteiger partial charge in [0.25, 0.3) is 0 Å². The average Bonchev–Trinajstić information content (AvgIpc) is 3.11. The van der Waals surface area contributed by atoms with E-state index < -0.39 is 0 Å². The Morgan fingerprint density at radius 2 is 1.94 bits per heavy atom. The fourth-order valence-corrected chi connectivity index (χ4v) is 3.02. The van der Waals surface area contributed by atoms with Gasteiger partial charge in [-0.3, -0.25) is 0 Å². The largest absolute Gasteiger partial charge is 0.497 e. The summed E-state index contributed by atoms with van der Waals surface area (Å²) in [5, 5.41) is 0. The molecule has 0 unspecified atom stereocenters. The molecule has 0 bridgehead atoms. The molecule has 0 N–H and O–H groups in total. The zero-order valence-electron chi connectivity index (χ0n) is 10.2. The molecule has 96 valence electrons. The van der Waals surface area contributed by atoms with Gasteiger partial charge in [-0.1, -0.05) is 12.1 Å². The van der Waals surface area contributed by atoms with Crippen molar-refractivity contribution in [3.8, 4) is 5.75 Å². The standard InChI is InChI=1S/C14H16O4/c1-15-10-4-2-8(3-5-10)14-16-7-9-6-11-13(17-11)12(9)18-14/h2-5,9,11-14H,6-7H2,1H3/t9-,11-,12+,13-,14+/m0/s1. The number of hydrogen-bond acceptors (Lipinski definition) is 4. The fraction of sp³-hybridized carbons (Fsp3) is 0.571. The summed E-state index contributed by atoms with van der Waals surface area (Å²) < 4.78 is 22.5. The maximum atomic E-state index is 6.04. The third kappa shape index (κ3) is 1.64. The second-order valence-electron chi connectivity index (χ2n) is 5.17. The van der Waals surface area contributed by atoms with Gasteiger partial charge in [0.15, 0.2) is 6.29 Å². The molecule has 5 atom stereocenters. The maximum Gasteiger partial charge on any atom is 0.184 e. The second kappa shape index (κ2) is 3.95. The first-order valence-electron chi connectivity index (χ1n) is 6.41. The van der Waals surface area contributed by atoms with Crippen LogP contribution >= 0.6 is 0 Å². The molecule has 0 spiro atoms. The van der Waals surface area contributed by atoms with Crippen LogP contribution in [0, 0.1) is 5.92 Å². The lowest BCUT2D eigenvalue weighted by Gasteiger charge is -2.33. The van der Waals surface area contributed by atoms with Gasteiger partial charge in [0, 0.05) is 11.5 Å². The van der Waals surface area contributed by atoms with E-state index in [2.05, 4.69) is 0 Å². The molecule has 4 nitrogen and oxygen atoms in total. The van der Waals surface area contributed by atoms with E-state index in [1.54, 1.807) is 7.11 Å². The molecule has 0 aromatic heterocycles. The van der Waals surface area contributed by atoms with E-state index in [4.69, 9.17) is 18.9 Å². The molecular weight excluding hydrogens is 232 g/mol. The maximum absolute atomic E-state index is 6.04. The van der Waals surface area contributed by atoms with Crippen molar-refractivity contribution in [2.75, 3.05) is 13.7 Å². The van der Waals surface area contributed by atoms with Gasteiger partial charge < -0.3 is 18.9 Å². The summed E-state index contributed by atoms with van der Waals surface area (Å²) in [4.78, 5) is 0. The molecule has 1 aliphatic carbocycles. The third-order valence-electron chi connectivity index (χ3n) is 4.08. The highest BCUT2D eigenvalue weighted by Gasteiger charge is 2.58. The number of ether oxygens (including phenoxy) is 4. The Bertz CT molecular complexity index is 444. The summed E-state index contributed by atoms with van der Waals surface area (Å²) in [5.74, 6) is 1.36. The van der Waals surface area contributed by atoms with E-state index in [0.717, 1.165) is 24.3 Å². The second-order valence-corrected chi connectivity index (χ2v) is 5.17. The lowest BCUT2D eigenvalue weighted by atomic mass is 10.0. The van der Waals surface area contributed by atoms with Gasteiger partial charge in [-0.25, -0.2) is 0 Å². The first-order valence-corrected chi connectivity index (χ1v) is 6.41. The molecule has 0 radical (unpaired) electrons. The fourth-order valence-electron chi connectivity index (χ4n) is 3.02. The first-order chi connectivity index (χ1) is 8.85. The van der Waals surface area contributed by atoms with Crippen LogP contribution in [0.4, 0.5) is 0 Å². The Morgan fingerprint density at radius 3 is 2.72 bits per heavy atom. The van der Waals surface area contributed by atoms with Crippen molar-refractivity contribution in [3.63, 3.8) is 0 Å². The summed E-state index contributed by atoms with van der Waals surface area (Å²) in [5.41, 5.74) is 1.04. The van der Waals surface area contributed by atoms with Gasteiger partial charge in [-0.2, -0.15) is 0 Å². The molecule has 18 heavy (non-hydrogen) atoms. The molecule has 2 heterocycles. The summed E-state index contributed by atoms with van der Waals surface area (Å²) in [7, 11) is 1.66. The molecule has 2 saturated heterocycles. The molecule has 0 amide bonds. The van der Waals surface area contributed by atoms with Crippen LogP contribution in [0.15, 0.2) is 24.3 Å². The number of rotatable bonds is 2. The Labute approximate surface area is 106 Å². The van der Waals surface area contributed by atoms with Crippen LogP contribution in [-0.4, -0.2) is 32.0 Å². The van der Waals surface area contributed by atoms with Gasteiger partial charge in [0.2, 0.25) is 0 Å². The first kappa shape index (κ1) is 10.8. The van der Waals surface area contributed by atoms with Crippen molar-refractivity contribution in [2.24, 2.45) is 5.92 Å². The highest BCUT2D eigenvalue weighted by Crippen LogP contribution is 2.48. The average molecular weight is 248 g/mol. The number of hydrogen-bond donors (Lipinski definition) is 0. The van der Waals surface area contributed by atoms with E-state index in [1.807, 2.05) is 24.3 Å². The van der Waals surface area contributed by atoms with Crippen LogP contribution in [-0.2, 0) is 14.2 Å². The van der Waals surface area contributed by atoms with E-state index in [0.29, 0.717) is 18.1 Å². The minimum Gasteiger partial charge on any atom is -0.497 e. The Balaban J connectivity index is 1.51. The molecule has 3 aliphatic rings. The molecule has 3 fully saturated rings. The van der Waals surface area contributed by atoms with Crippen LogP contribution in [0.5, 0.6) is 5.75 Å². The molecule has 2 aliphatic heterocycles. The monoisotopic (exact) mass is 248 g/mol. The number of benzene rings is 1. The van der Waals surface area contributed by atoms with Crippen molar-refractivity contribution in [1.82, 2.24) is 0 Å². The van der Waals surface area contributed by atoms with Crippen LogP contribution in [0.2, 0.25) is 0 Å². The van der Waals surface area contributed by atoms with Gasteiger partial charge in [0.1, 0.15) is 11.9 Å². The zero-order valence-corrected chi connectivity index (χ0v) is 10.2. The summed E-state index contributed by atoms with van der Waals surface area (Å²) >= 11 is 0. The van der Waals surface area contributed by atoms with Crippen LogP contribution < -0.4 is 4.74 Å². The quantitative estimate of drug-likeness (QED) is 0.749. The summed E-state index contributed by atoms with van der Waals surface area (Å²) in [6.07, 6.45) is 1.79. The highest BCUT2D eigenvalue weighted by atomic mass is 16.7. The van der Waals surface area contributed by atoms with Gasteiger partial charge in [-0.15, -0.1) is 0 Å². The Kier molecular flexibility index (Phi) is 2.37. The minimum atomic E-state index is -0.264. The zero-order chi connectivity index (χ0) is 12.1. The molecule has 4 rings (SSSR count). The van der Waals surface area contributed by atoms with Crippen LogP contribution in [0.3, 0.4) is 0 Å². The molecule has 1 saturated carbocycles. The number of fused-ring (bicyclic) bond motifs is 3. The smallest absolute Gasteiger partial charge is 0.184 e. The van der Waals surface area contributed by atoms with Crippen molar-refractivity contribution < 1.29 is 18.9 Å². The lowest BCUT2D eigenvalue weighted by molar-refractivity contribution is -0.243. The SMILES string of the molecule is COc1ccc([C@@H]2OC[C@@H]3C[C@@H]4O[C@@H]4[C@@H]3O2)cc1. The predicted molar refractivity (Wildman–Crippen MR) is 63.3 cm³/mol. The van der Waals surface area contributed by atoms with Gasteiger partial charge in [-0.05, 0) is 18.6 Å². The molecule has 1 aromatic rings. The van der Waals surface area contributed by atoms with Crippen molar-refractivity contribution in [1.29, 1.82) is 0 Å². The van der Waals surface area contributed by atoms with E-state index >= 15 is 0 Å². The number of methoxy groups -OCH3 is 1. The highest BCUT2D eigenvalue weighted by molar-refractivity contribution is 5.28. The number of epoxide rings is 1. The van der Waals surface area contributed by atoms with Crippen molar-refractivity contribution in [2.45, 2.75) is 31.0 Å².